The molecule has 0 aliphatic carbocycles. The number of halogens is 1. The van der Waals surface area contributed by atoms with E-state index in [2.05, 4.69) is 0 Å². The molecule has 0 N–H and O–H groups in total. The summed E-state index contributed by atoms with van der Waals surface area (Å²) >= 11 is 0. The molecule has 1 heterocycles. The van der Waals surface area contributed by atoms with Crippen LogP contribution in [-0.2, 0) is 25.0 Å². The lowest BCUT2D eigenvalue weighted by Gasteiger charge is -2.36. The van der Waals surface area contributed by atoms with E-state index in [4.69, 9.17) is 4.74 Å². The van der Waals surface area contributed by atoms with Crippen LogP contribution >= 0.6 is 0 Å². The van der Waals surface area contributed by atoms with E-state index in [9.17, 15) is 20.7 Å². The molecule has 22 heavy (non-hydrogen) atoms. The molecule has 2 atom stereocenters. The van der Waals surface area contributed by atoms with Gasteiger partial charge in [0, 0.05) is 12.6 Å². The molecule has 1 aromatic rings. The molecular formula is C13H18FNO5S2. The summed E-state index contributed by atoms with van der Waals surface area (Å²) in [4.78, 5) is -0.628. The maximum Gasteiger partial charge on any atom is 0.332 e. The van der Waals surface area contributed by atoms with Gasteiger partial charge in [-0.1, -0.05) is 6.92 Å². The van der Waals surface area contributed by atoms with Crippen LogP contribution in [0.2, 0.25) is 0 Å². The third kappa shape index (κ3) is 3.48. The molecule has 1 aliphatic heterocycles. The molecule has 1 aliphatic rings. The Morgan fingerprint density at radius 1 is 1.18 bits per heavy atom. The predicted octanol–water partition coefficient (Wildman–Crippen LogP) is 1.53. The van der Waals surface area contributed by atoms with Crippen molar-refractivity contribution in [2.45, 2.75) is 42.2 Å². The maximum absolute atomic E-state index is 12.9. The van der Waals surface area contributed by atoms with Crippen molar-refractivity contribution in [1.29, 1.82) is 0 Å². The minimum Gasteiger partial charge on any atom is -0.375 e. The molecule has 0 amide bonds. The number of hydrogen-bond donors (Lipinski definition) is 0. The summed E-state index contributed by atoms with van der Waals surface area (Å²) in [6.07, 6.45) is 0.522. The number of benzene rings is 1. The number of rotatable bonds is 4. The highest BCUT2D eigenvalue weighted by Crippen LogP contribution is 2.24. The van der Waals surface area contributed by atoms with Crippen molar-refractivity contribution in [3.63, 3.8) is 0 Å². The second kappa shape index (κ2) is 6.23. The summed E-state index contributed by atoms with van der Waals surface area (Å²) in [5.41, 5.74) is 0. The second-order valence-electron chi connectivity index (χ2n) is 5.20. The standard InChI is InChI=1S/C13H18FNO5S2/c1-3-11-8-15(10(2)9-20-11)22(18,19)13-6-4-12(5-7-13)21(14,16)17/h4-7,10-11H,3,8-9H2,1-2H3. The summed E-state index contributed by atoms with van der Waals surface area (Å²) in [6, 6.07) is 3.78. The van der Waals surface area contributed by atoms with Crippen LogP contribution in [0.15, 0.2) is 34.1 Å². The van der Waals surface area contributed by atoms with Crippen molar-refractivity contribution < 1.29 is 25.5 Å². The van der Waals surface area contributed by atoms with Gasteiger partial charge in [-0.25, -0.2) is 8.42 Å². The van der Waals surface area contributed by atoms with Crippen LogP contribution in [0, 0.1) is 0 Å². The van der Waals surface area contributed by atoms with E-state index in [0.29, 0.717) is 13.0 Å². The first-order chi connectivity index (χ1) is 10.2. The van der Waals surface area contributed by atoms with Crippen LogP contribution < -0.4 is 0 Å². The smallest absolute Gasteiger partial charge is 0.332 e. The first-order valence-electron chi connectivity index (χ1n) is 6.84. The van der Waals surface area contributed by atoms with Crippen molar-refractivity contribution in [2.24, 2.45) is 0 Å². The number of sulfonamides is 1. The number of ether oxygens (including phenoxy) is 1. The highest BCUT2D eigenvalue weighted by molar-refractivity contribution is 7.89. The fraction of sp³-hybridized carbons (Fsp3) is 0.538. The quantitative estimate of drug-likeness (QED) is 0.769. The normalized spacial score (nSPS) is 24.3. The van der Waals surface area contributed by atoms with Crippen LogP contribution in [0.5, 0.6) is 0 Å². The zero-order valence-electron chi connectivity index (χ0n) is 12.3. The zero-order chi connectivity index (χ0) is 16.5. The lowest BCUT2D eigenvalue weighted by atomic mass is 10.2. The molecule has 1 aromatic carbocycles. The van der Waals surface area contributed by atoms with E-state index >= 15 is 0 Å². The highest BCUT2D eigenvalue weighted by Gasteiger charge is 2.35. The molecule has 0 aromatic heterocycles. The van der Waals surface area contributed by atoms with Crippen molar-refractivity contribution in [3.05, 3.63) is 24.3 Å². The summed E-state index contributed by atoms with van der Waals surface area (Å²) in [5.74, 6) is 0. The van der Waals surface area contributed by atoms with Gasteiger partial charge in [-0.05, 0) is 37.6 Å². The Morgan fingerprint density at radius 3 is 2.23 bits per heavy atom. The van der Waals surface area contributed by atoms with E-state index in [1.165, 1.54) is 4.31 Å². The second-order valence-corrected chi connectivity index (χ2v) is 8.43. The van der Waals surface area contributed by atoms with Crippen LogP contribution in [-0.4, -0.2) is 46.4 Å². The van der Waals surface area contributed by atoms with Gasteiger partial charge in [0.1, 0.15) is 0 Å². The maximum atomic E-state index is 12.9. The Hall–Kier alpha value is -1.03. The van der Waals surface area contributed by atoms with Gasteiger partial charge >= 0.3 is 10.2 Å². The Kier molecular flexibility index (Phi) is 4.90. The molecule has 9 heteroatoms. The summed E-state index contributed by atoms with van der Waals surface area (Å²) in [6.45, 7) is 4.19. The predicted molar refractivity (Wildman–Crippen MR) is 78.1 cm³/mol. The third-order valence-electron chi connectivity index (χ3n) is 3.62. The van der Waals surface area contributed by atoms with Gasteiger partial charge in [0.25, 0.3) is 0 Å². The molecule has 2 rings (SSSR count). The summed E-state index contributed by atoms with van der Waals surface area (Å²) < 4.78 is 66.6. The topological polar surface area (TPSA) is 80.8 Å². The average Bonchev–Trinajstić information content (AvgIpc) is 2.47. The fourth-order valence-electron chi connectivity index (χ4n) is 2.28. The minimum atomic E-state index is -4.84. The van der Waals surface area contributed by atoms with Crippen molar-refractivity contribution in [2.75, 3.05) is 13.2 Å². The lowest BCUT2D eigenvalue weighted by Crippen LogP contribution is -2.50. The van der Waals surface area contributed by atoms with Crippen LogP contribution in [0.4, 0.5) is 3.89 Å². The molecule has 0 bridgehead atoms. The van der Waals surface area contributed by atoms with Gasteiger partial charge in [0.2, 0.25) is 10.0 Å². The number of hydrogen-bond acceptors (Lipinski definition) is 5. The van der Waals surface area contributed by atoms with E-state index in [1.807, 2.05) is 6.92 Å². The third-order valence-corrected chi connectivity index (χ3v) is 6.45. The lowest BCUT2D eigenvalue weighted by molar-refractivity contribution is -0.0284. The van der Waals surface area contributed by atoms with Gasteiger partial charge in [-0.15, -0.1) is 3.89 Å². The zero-order valence-corrected chi connectivity index (χ0v) is 13.9. The molecule has 124 valence electrons. The SMILES string of the molecule is CCC1CN(S(=O)(=O)c2ccc(S(=O)(=O)F)cc2)C(C)CO1. The van der Waals surface area contributed by atoms with E-state index < -0.39 is 25.1 Å². The molecule has 0 spiro atoms. The van der Waals surface area contributed by atoms with Crippen molar-refractivity contribution in [3.8, 4) is 0 Å². The minimum absolute atomic E-state index is 0.0662. The molecule has 2 unspecified atom stereocenters. The van der Waals surface area contributed by atoms with Gasteiger partial charge in [-0.3, -0.25) is 0 Å². The molecule has 1 fully saturated rings. The Balaban J connectivity index is 2.33. The summed E-state index contributed by atoms with van der Waals surface area (Å²) in [7, 11) is -8.62. The van der Waals surface area contributed by atoms with Crippen LogP contribution in [0.3, 0.4) is 0 Å². The molecule has 0 radical (unpaired) electrons. The largest absolute Gasteiger partial charge is 0.375 e. The number of nitrogens with zero attached hydrogens (tertiary/aromatic N) is 1. The Bertz CT molecular complexity index is 730. The van der Waals surface area contributed by atoms with Gasteiger partial charge in [0.15, 0.2) is 0 Å². The Labute approximate surface area is 130 Å². The Morgan fingerprint density at radius 2 is 1.73 bits per heavy atom. The fourth-order valence-corrected chi connectivity index (χ4v) is 4.39. The van der Waals surface area contributed by atoms with E-state index in [-0.39, 0.29) is 23.6 Å². The van der Waals surface area contributed by atoms with Gasteiger partial charge in [-0.2, -0.15) is 12.7 Å². The molecular weight excluding hydrogens is 333 g/mol. The average molecular weight is 351 g/mol. The molecule has 1 saturated heterocycles. The molecule has 6 nitrogen and oxygen atoms in total. The van der Waals surface area contributed by atoms with Gasteiger partial charge < -0.3 is 4.74 Å². The molecule has 0 saturated carbocycles. The van der Waals surface area contributed by atoms with Crippen LogP contribution in [0.25, 0.3) is 0 Å². The summed E-state index contributed by atoms with van der Waals surface area (Å²) in [5, 5.41) is 0. The van der Waals surface area contributed by atoms with E-state index in [1.54, 1.807) is 6.92 Å². The van der Waals surface area contributed by atoms with Crippen LogP contribution in [0.1, 0.15) is 20.3 Å². The number of morpholine rings is 1. The first-order valence-corrected chi connectivity index (χ1v) is 9.66. The first kappa shape index (κ1) is 17.3. The van der Waals surface area contributed by atoms with Gasteiger partial charge in [0.05, 0.1) is 22.5 Å². The monoisotopic (exact) mass is 351 g/mol. The van der Waals surface area contributed by atoms with E-state index in [0.717, 1.165) is 24.3 Å². The van der Waals surface area contributed by atoms with Crippen molar-refractivity contribution >= 4 is 20.2 Å². The highest BCUT2D eigenvalue weighted by atomic mass is 32.3. The van der Waals surface area contributed by atoms with Crippen molar-refractivity contribution in [1.82, 2.24) is 4.31 Å².